The number of nitrogens with two attached hydrogens (primary N) is 1. The van der Waals surface area contributed by atoms with Crippen molar-refractivity contribution in [2.24, 2.45) is 0 Å². The monoisotopic (exact) mass is 301 g/mol. The Kier molecular flexibility index (Phi) is 3.11. The second-order valence-electron chi connectivity index (χ2n) is 3.46. The number of rotatable bonds is 1. The summed E-state index contributed by atoms with van der Waals surface area (Å²) in [5, 5.41) is 0. The van der Waals surface area contributed by atoms with Crippen molar-refractivity contribution in [3.05, 3.63) is 52.3 Å². The van der Waals surface area contributed by atoms with Crippen LogP contribution in [0.3, 0.4) is 0 Å². The lowest BCUT2D eigenvalue weighted by Crippen LogP contribution is -1.96. The highest BCUT2D eigenvalue weighted by molar-refractivity contribution is 9.10. The van der Waals surface area contributed by atoms with Gasteiger partial charge >= 0.3 is 0 Å². The second kappa shape index (κ2) is 4.41. The van der Waals surface area contributed by atoms with Crippen LogP contribution >= 0.6 is 15.9 Å². The molecule has 0 aromatic heterocycles. The highest BCUT2D eigenvalue weighted by Gasteiger charge is 2.17. The lowest BCUT2D eigenvalue weighted by Gasteiger charge is -2.08. The van der Waals surface area contributed by atoms with Gasteiger partial charge in [-0.2, -0.15) is 0 Å². The fraction of sp³-hybridized carbons (Fsp3) is 0. The van der Waals surface area contributed by atoms with Crippen LogP contribution in [0.5, 0.6) is 0 Å². The van der Waals surface area contributed by atoms with Crippen LogP contribution in [0.25, 0.3) is 11.1 Å². The van der Waals surface area contributed by atoms with Crippen molar-refractivity contribution in [1.29, 1.82) is 0 Å². The molecule has 0 heterocycles. The van der Waals surface area contributed by atoms with E-state index < -0.39 is 23.0 Å². The summed E-state index contributed by atoms with van der Waals surface area (Å²) in [4.78, 5) is 0. The molecule has 0 atom stereocenters. The number of nitrogen functional groups attached to an aromatic ring is 1. The Bertz CT molecular complexity index is 584. The molecule has 0 fully saturated rings. The van der Waals surface area contributed by atoms with Gasteiger partial charge in [0.05, 0.1) is 10.0 Å². The molecular formula is C12H7BrF3N. The van der Waals surface area contributed by atoms with Gasteiger partial charge in [-0.1, -0.05) is 0 Å². The summed E-state index contributed by atoms with van der Waals surface area (Å²) in [5.41, 5.74) is 5.10. The number of hydrogen-bond acceptors (Lipinski definition) is 1. The summed E-state index contributed by atoms with van der Waals surface area (Å²) in [6.45, 7) is 0. The third kappa shape index (κ3) is 2.15. The number of anilines is 1. The van der Waals surface area contributed by atoms with Crippen molar-refractivity contribution >= 4 is 21.6 Å². The van der Waals surface area contributed by atoms with Gasteiger partial charge in [0, 0.05) is 11.3 Å². The first kappa shape index (κ1) is 12.0. The Hall–Kier alpha value is -1.49. The molecular weight excluding hydrogens is 295 g/mol. The third-order valence-electron chi connectivity index (χ3n) is 2.30. The lowest BCUT2D eigenvalue weighted by molar-refractivity contribution is 0.578. The minimum atomic E-state index is -0.852. The van der Waals surface area contributed by atoms with Crippen molar-refractivity contribution in [3.63, 3.8) is 0 Å². The van der Waals surface area contributed by atoms with E-state index in [9.17, 15) is 13.2 Å². The summed E-state index contributed by atoms with van der Waals surface area (Å²) < 4.78 is 40.9. The quantitative estimate of drug-likeness (QED) is 0.622. The highest BCUT2D eigenvalue weighted by atomic mass is 79.9. The zero-order valence-electron chi connectivity index (χ0n) is 8.48. The molecule has 1 nitrogen and oxygen atoms in total. The molecule has 5 heteroatoms. The molecule has 88 valence electrons. The van der Waals surface area contributed by atoms with Crippen LogP contribution in [-0.2, 0) is 0 Å². The van der Waals surface area contributed by atoms with Gasteiger partial charge in [-0.25, -0.2) is 13.2 Å². The molecule has 2 rings (SSSR count). The standard InChI is InChI=1S/C12H7BrF3N/c13-8-2-4-10(15)11(12(8)16)7-5-6(17)1-3-9(7)14/h1-5H,17H2. The highest BCUT2D eigenvalue weighted by Crippen LogP contribution is 2.33. The van der Waals surface area contributed by atoms with Gasteiger partial charge in [-0.3, -0.25) is 0 Å². The van der Waals surface area contributed by atoms with Gasteiger partial charge in [-0.15, -0.1) is 0 Å². The molecule has 0 spiro atoms. The third-order valence-corrected chi connectivity index (χ3v) is 2.92. The molecule has 0 aliphatic carbocycles. The predicted octanol–water partition coefficient (Wildman–Crippen LogP) is 4.12. The van der Waals surface area contributed by atoms with Crippen LogP contribution in [0.1, 0.15) is 0 Å². The van der Waals surface area contributed by atoms with Crippen LogP contribution in [-0.4, -0.2) is 0 Å². The Morgan fingerprint density at radius 3 is 2.29 bits per heavy atom. The zero-order chi connectivity index (χ0) is 12.6. The lowest BCUT2D eigenvalue weighted by atomic mass is 10.0. The predicted molar refractivity (Wildman–Crippen MR) is 63.9 cm³/mol. The van der Waals surface area contributed by atoms with Crippen molar-refractivity contribution in [1.82, 2.24) is 0 Å². The summed E-state index contributed by atoms with van der Waals surface area (Å²) in [5.74, 6) is -2.42. The van der Waals surface area contributed by atoms with E-state index in [-0.39, 0.29) is 15.7 Å². The SMILES string of the molecule is Nc1ccc(F)c(-c2c(F)ccc(Br)c2F)c1. The van der Waals surface area contributed by atoms with Crippen LogP contribution in [0.4, 0.5) is 18.9 Å². The van der Waals surface area contributed by atoms with E-state index in [4.69, 9.17) is 5.73 Å². The van der Waals surface area contributed by atoms with Gasteiger partial charge in [0.15, 0.2) is 0 Å². The van der Waals surface area contributed by atoms with E-state index in [1.807, 2.05) is 0 Å². The molecule has 0 unspecified atom stereocenters. The van der Waals surface area contributed by atoms with Crippen LogP contribution in [0.15, 0.2) is 34.8 Å². The summed E-state index contributed by atoms with van der Waals surface area (Å²) >= 11 is 2.93. The summed E-state index contributed by atoms with van der Waals surface area (Å²) in [6.07, 6.45) is 0. The maximum Gasteiger partial charge on any atom is 0.148 e. The van der Waals surface area contributed by atoms with Crippen molar-refractivity contribution in [2.45, 2.75) is 0 Å². The second-order valence-corrected chi connectivity index (χ2v) is 4.31. The van der Waals surface area contributed by atoms with E-state index in [0.717, 1.165) is 12.1 Å². The topological polar surface area (TPSA) is 26.0 Å². The van der Waals surface area contributed by atoms with Crippen LogP contribution in [0.2, 0.25) is 0 Å². The molecule has 0 saturated heterocycles. The molecule has 0 amide bonds. The van der Waals surface area contributed by atoms with E-state index in [1.165, 1.54) is 18.2 Å². The molecule has 0 radical (unpaired) electrons. The van der Waals surface area contributed by atoms with Crippen molar-refractivity contribution in [3.8, 4) is 11.1 Å². The van der Waals surface area contributed by atoms with Crippen molar-refractivity contribution in [2.75, 3.05) is 5.73 Å². The fourth-order valence-electron chi connectivity index (χ4n) is 1.51. The van der Waals surface area contributed by atoms with E-state index in [0.29, 0.717) is 0 Å². The number of hydrogen-bond donors (Lipinski definition) is 1. The van der Waals surface area contributed by atoms with Crippen molar-refractivity contribution < 1.29 is 13.2 Å². The van der Waals surface area contributed by atoms with Gasteiger partial charge in [0.2, 0.25) is 0 Å². The molecule has 17 heavy (non-hydrogen) atoms. The molecule has 2 N–H and O–H groups in total. The first-order chi connectivity index (χ1) is 8.00. The molecule has 0 saturated carbocycles. The number of halogens is 4. The zero-order valence-corrected chi connectivity index (χ0v) is 10.1. The smallest absolute Gasteiger partial charge is 0.148 e. The van der Waals surface area contributed by atoms with E-state index in [2.05, 4.69) is 15.9 Å². The van der Waals surface area contributed by atoms with Gasteiger partial charge in [-0.05, 0) is 46.3 Å². The maximum atomic E-state index is 13.8. The average molecular weight is 302 g/mol. The Morgan fingerprint density at radius 2 is 1.59 bits per heavy atom. The fourth-order valence-corrected chi connectivity index (χ4v) is 1.84. The minimum Gasteiger partial charge on any atom is -0.399 e. The average Bonchev–Trinajstić information content (AvgIpc) is 2.29. The number of benzene rings is 2. The molecule has 0 aliphatic rings. The normalized spacial score (nSPS) is 10.6. The Morgan fingerprint density at radius 1 is 0.941 bits per heavy atom. The Labute approximate surface area is 104 Å². The first-order valence-electron chi connectivity index (χ1n) is 4.69. The summed E-state index contributed by atoms with van der Waals surface area (Å²) in [6, 6.07) is 5.88. The molecule has 2 aromatic carbocycles. The Balaban J connectivity index is 2.76. The molecule has 0 bridgehead atoms. The maximum absolute atomic E-state index is 13.8. The summed E-state index contributed by atoms with van der Waals surface area (Å²) in [7, 11) is 0. The van der Waals surface area contributed by atoms with E-state index in [1.54, 1.807) is 0 Å². The minimum absolute atomic E-state index is 0.0655. The van der Waals surface area contributed by atoms with Gasteiger partial charge < -0.3 is 5.73 Å². The molecule has 2 aromatic rings. The molecule has 0 aliphatic heterocycles. The van der Waals surface area contributed by atoms with Gasteiger partial charge in [0.25, 0.3) is 0 Å². The van der Waals surface area contributed by atoms with E-state index >= 15 is 0 Å². The van der Waals surface area contributed by atoms with Gasteiger partial charge in [0.1, 0.15) is 17.5 Å². The largest absolute Gasteiger partial charge is 0.399 e. The van der Waals surface area contributed by atoms with Crippen LogP contribution in [0, 0.1) is 17.5 Å². The van der Waals surface area contributed by atoms with Crippen LogP contribution < -0.4 is 5.73 Å². The first-order valence-corrected chi connectivity index (χ1v) is 5.49.